The monoisotopic (exact) mass is 292 g/mol. The Labute approximate surface area is 99.4 Å². The molecule has 0 amide bonds. The molecule has 0 saturated heterocycles. The zero-order valence-electron chi connectivity index (χ0n) is 5.61. The standard InChI is InChI=1S/C3H9O5P.Ba/c1-7-2-3-8-9(4,5)6;/h2-3H2,1H3,(H2,4,5,6);/q;+2/p-2. The van der Waals surface area contributed by atoms with Gasteiger partial charge in [-0.05, 0) is 0 Å². The van der Waals surface area contributed by atoms with E-state index in [1.54, 1.807) is 0 Å². The second-order valence-electron chi connectivity index (χ2n) is 1.27. The maximum atomic E-state index is 9.70. The summed E-state index contributed by atoms with van der Waals surface area (Å²) < 4.78 is 17.9. The van der Waals surface area contributed by atoms with Gasteiger partial charge in [0.1, 0.15) is 0 Å². The Morgan fingerprint density at radius 2 is 1.90 bits per heavy atom. The molecule has 0 aliphatic rings. The normalized spacial score (nSPS) is 10.7. The average molecular weight is 291 g/mol. The van der Waals surface area contributed by atoms with E-state index in [-0.39, 0.29) is 62.1 Å². The van der Waals surface area contributed by atoms with Crippen LogP contribution in [0.3, 0.4) is 0 Å². The third-order valence-electron chi connectivity index (χ3n) is 0.537. The predicted molar refractivity (Wildman–Crippen MR) is 31.2 cm³/mol. The van der Waals surface area contributed by atoms with Crippen molar-refractivity contribution < 1.29 is 23.6 Å². The second kappa shape index (κ2) is 7.30. The topological polar surface area (TPSA) is 81.7 Å². The fourth-order valence-corrected chi connectivity index (χ4v) is 0.531. The fourth-order valence-electron chi connectivity index (χ4n) is 0.232. The van der Waals surface area contributed by atoms with Crippen molar-refractivity contribution in [3.05, 3.63) is 0 Å². The molecule has 0 radical (unpaired) electrons. The molecule has 0 aliphatic carbocycles. The van der Waals surface area contributed by atoms with Gasteiger partial charge < -0.3 is 23.6 Å². The first-order valence-corrected chi connectivity index (χ1v) is 3.68. The number of phosphoric acid groups is 1. The Bertz CT molecular complexity index is 111. The molecule has 0 aromatic rings. The van der Waals surface area contributed by atoms with Gasteiger partial charge >= 0.3 is 48.9 Å². The van der Waals surface area contributed by atoms with Crippen LogP contribution in [0, 0.1) is 0 Å². The van der Waals surface area contributed by atoms with Crippen LogP contribution in [-0.2, 0) is 13.8 Å². The van der Waals surface area contributed by atoms with Crippen molar-refractivity contribution in [1.29, 1.82) is 0 Å². The van der Waals surface area contributed by atoms with Crippen LogP contribution in [0.15, 0.2) is 0 Å². The summed E-state index contributed by atoms with van der Waals surface area (Å²) in [7, 11) is -3.40. The van der Waals surface area contributed by atoms with Gasteiger partial charge in [-0.25, -0.2) is 0 Å². The number of phosphoric ester groups is 1. The molecule has 0 atom stereocenters. The van der Waals surface area contributed by atoms with Crippen LogP contribution >= 0.6 is 7.82 Å². The summed E-state index contributed by atoms with van der Waals surface area (Å²) in [5.41, 5.74) is 0. The van der Waals surface area contributed by atoms with E-state index in [1.165, 1.54) is 7.11 Å². The predicted octanol–water partition coefficient (Wildman–Crippen LogP) is -1.90. The Balaban J connectivity index is 0. The minimum absolute atomic E-state index is 0. The maximum absolute atomic E-state index is 9.70. The van der Waals surface area contributed by atoms with Gasteiger partial charge in [0.05, 0.1) is 21.0 Å². The summed E-state index contributed by atoms with van der Waals surface area (Å²) in [5, 5.41) is 0. The quantitative estimate of drug-likeness (QED) is 0.343. The van der Waals surface area contributed by atoms with Gasteiger partial charge in [0.15, 0.2) is 0 Å². The van der Waals surface area contributed by atoms with Crippen LogP contribution in [0.1, 0.15) is 0 Å². The van der Waals surface area contributed by atoms with Gasteiger partial charge in [0.25, 0.3) is 0 Å². The van der Waals surface area contributed by atoms with Crippen LogP contribution in [0.4, 0.5) is 0 Å². The van der Waals surface area contributed by atoms with Crippen LogP contribution in [-0.4, -0.2) is 69.2 Å². The molecule has 0 spiro atoms. The first kappa shape index (κ1) is 14.2. The van der Waals surface area contributed by atoms with Crippen molar-refractivity contribution in [3.63, 3.8) is 0 Å². The van der Waals surface area contributed by atoms with Crippen molar-refractivity contribution in [2.24, 2.45) is 0 Å². The van der Waals surface area contributed by atoms with Crippen LogP contribution < -0.4 is 9.79 Å². The molecule has 5 nitrogen and oxygen atoms in total. The number of ether oxygens (including phenoxy) is 1. The fraction of sp³-hybridized carbons (Fsp3) is 1.00. The smallest absolute Gasteiger partial charge is 0.790 e. The minimum atomic E-state index is -4.78. The van der Waals surface area contributed by atoms with E-state index >= 15 is 0 Å². The van der Waals surface area contributed by atoms with Crippen molar-refractivity contribution in [1.82, 2.24) is 0 Å². The third-order valence-corrected chi connectivity index (χ3v) is 1.04. The molecule has 0 heterocycles. The van der Waals surface area contributed by atoms with E-state index in [0.717, 1.165) is 0 Å². The molecule has 56 valence electrons. The number of rotatable bonds is 4. The molecular weight excluding hydrogens is 284 g/mol. The van der Waals surface area contributed by atoms with Crippen molar-refractivity contribution in [2.45, 2.75) is 0 Å². The van der Waals surface area contributed by atoms with Crippen LogP contribution in [0.25, 0.3) is 0 Å². The zero-order valence-corrected chi connectivity index (χ0v) is 10.9. The largest absolute Gasteiger partial charge is 2.00 e. The molecule has 0 bridgehead atoms. The van der Waals surface area contributed by atoms with Crippen LogP contribution in [0.2, 0.25) is 0 Å². The van der Waals surface area contributed by atoms with Gasteiger partial charge in [-0.1, -0.05) is 0 Å². The number of methoxy groups -OCH3 is 1. The van der Waals surface area contributed by atoms with Gasteiger partial charge in [-0.15, -0.1) is 0 Å². The summed E-state index contributed by atoms with van der Waals surface area (Å²) in [6, 6.07) is 0. The van der Waals surface area contributed by atoms with E-state index in [4.69, 9.17) is 0 Å². The molecule has 0 rings (SSSR count). The molecule has 0 aromatic carbocycles. The molecule has 0 aliphatic heterocycles. The Morgan fingerprint density at radius 1 is 1.40 bits per heavy atom. The average Bonchev–Trinajstić information content (AvgIpc) is 1.63. The number of hydrogen-bond donors (Lipinski definition) is 0. The van der Waals surface area contributed by atoms with Gasteiger partial charge in [0, 0.05) is 7.11 Å². The Morgan fingerprint density at radius 3 is 2.20 bits per heavy atom. The summed E-state index contributed by atoms with van der Waals surface area (Å²) in [6.07, 6.45) is 0. The minimum Gasteiger partial charge on any atom is -0.790 e. The Hall–Kier alpha value is 1.64. The molecule has 0 aromatic heterocycles. The maximum Gasteiger partial charge on any atom is 2.00 e. The van der Waals surface area contributed by atoms with Crippen molar-refractivity contribution in [2.75, 3.05) is 20.3 Å². The first-order chi connectivity index (χ1) is 4.06. The molecule has 0 unspecified atom stereocenters. The van der Waals surface area contributed by atoms with Crippen molar-refractivity contribution >= 4 is 56.7 Å². The van der Waals surface area contributed by atoms with Gasteiger partial charge in [-0.2, -0.15) is 0 Å². The molecule has 7 heteroatoms. The molecular formula is C3H7BaO5P. The van der Waals surface area contributed by atoms with E-state index in [2.05, 4.69) is 9.26 Å². The summed E-state index contributed by atoms with van der Waals surface area (Å²) in [6.45, 7) is -0.102. The van der Waals surface area contributed by atoms with E-state index in [0.29, 0.717) is 0 Å². The molecule has 0 N–H and O–H groups in total. The first-order valence-electron chi connectivity index (χ1n) is 2.22. The number of hydrogen-bond acceptors (Lipinski definition) is 5. The van der Waals surface area contributed by atoms with Crippen molar-refractivity contribution in [3.8, 4) is 0 Å². The zero-order chi connectivity index (χ0) is 7.33. The molecule has 0 fully saturated rings. The van der Waals surface area contributed by atoms with Gasteiger partial charge in [0.2, 0.25) is 0 Å². The SMILES string of the molecule is COCCOP(=O)([O-])[O-].[Ba+2]. The summed E-state index contributed by atoms with van der Waals surface area (Å²) in [5.74, 6) is 0. The Kier molecular flexibility index (Phi) is 10.4. The van der Waals surface area contributed by atoms with Gasteiger partial charge in [-0.3, -0.25) is 0 Å². The van der Waals surface area contributed by atoms with E-state index < -0.39 is 7.82 Å². The third kappa shape index (κ3) is 12.3. The second-order valence-corrected chi connectivity index (χ2v) is 2.43. The molecule has 10 heavy (non-hydrogen) atoms. The summed E-state index contributed by atoms with van der Waals surface area (Å²) >= 11 is 0. The molecule has 0 saturated carbocycles. The summed E-state index contributed by atoms with van der Waals surface area (Å²) in [4.78, 5) is 19.4. The van der Waals surface area contributed by atoms with E-state index in [9.17, 15) is 14.4 Å². The van der Waals surface area contributed by atoms with E-state index in [1.807, 2.05) is 0 Å². The van der Waals surface area contributed by atoms with Crippen LogP contribution in [0.5, 0.6) is 0 Å².